The van der Waals surface area contributed by atoms with E-state index >= 15 is 0 Å². The van der Waals surface area contributed by atoms with Crippen molar-refractivity contribution in [2.75, 3.05) is 5.32 Å². The van der Waals surface area contributed by atoms with Crippen LogP contribution in [0.3, 0.4) is 0 Å². The van der Waals surface area contributed by atoms with Crippen LogP contribution in [0.15, 0.2) is 41.0 Å². The second-order valence-corrected chi connectivity index (χ2v) is 6.67. The van der Waals surface area contributed by atoms with Gasteiger partial charge in [0.1, 0.15) is 0 Å². The Morgan fingerprint density at radius 3 is 2.58 bits per heavy atom. The van der Waals surface area contributed by atoms with Gasteiger partial charge in [-0.3, -0.25) is 9.59 Å². The van der Waals surface area contributed by atoms with Gasteiger partial charge < -0.3 is 10.1 Å². The fourth-order valence-electron chi connectivity index (χ4n) is 1.79. The topological polar surface area (TPSA) is 68.3 Å². The third kappa shape index (κ3) is 5.47. The average molecular weight is 432 g/mol. The molecule has 1 aromatic carbocycles. The number of anilines is 1. The predicted molar refractivity (Wildman–Crippen MR) is 96.3 cm³/mol. The molecule has 5 nitrogen and oxygen atoms in total. The van der Waals surface area contributed by atoms with Gasteiger partial charge in [0.25, 0.3) is 5.91 Å². The number of halogens is 3. The molecule has 1 heterocycles. The van der Waals surface area contributed by atoms with Crippen molar-refractivity contribution in [3.8, 4) is 0 Å². The van der Waals surface area contributed by atoms with Gasteiger partial charge in [-0.1, -0.05) is 51.3 Å². The second-order valence-electron chi connectivity index (χ2n) is 4.91. The first-order valence-corrected chi connectivity index (χ1v) is 8.46. The number of ether oxygens (including phenoxy) is 1. The van der Waals surface area contributed by atoms with Gasteiger partial charge >= 0.3 is 5.97 Å². The summed E-state index contributed by atoms with van der Waals surface area (Å²) in [6.45, 7) is 1.47. The number of nitrogens with one attached hydrogen (secondary N) is 1. The average Bonchev–Trinajstić information content (AvgIpc) is 2.52. The van der Waals surface area contributed by atoms with Gasteiger partial charge in [-0.05, 0) is 30.7 Å². The monoisotopic (exact) mass is 430 g/mol. The summed E-state index contributed by atoms with van der Waals surface area (Å²) in [6, 6.07) is 8.71. The molecule has 0 aliphatic heterocycles. The van der Waals surface area contributed by atoms with E-state index < -0.39 is 18.0 Å². The maximum atomic E-state index is 12.1. The summed E-state index contributed by atoms with van der Waals surface area (Å²) in [5.74, 6) is -0.882. The Morgan fingerprint density at radius 1 is 1.29 bits per heavy atom. The van der Waals surface area contributed by atoms with E-state index in [0.717, 1.165) is 10.0 Å². The minimum Gasteiger partial charge on any atom is -0.452 e. The second kappa shape index (κ2) is 8.46. The van der Waals surface area contributed by atoms with Crippen molar-refractivity contribution in [1.29, 1.82) is 0 Å². The molecule has 0 aliphatic rings. The summed E-state index contributed by atoms with van der Waals surface area (Å²) in [4.78, 5) is 27.9. The van der Waals surface area contributed by atoms with Crippen LogP contribution in [-0.2, 0) is 20.7 Å². The van der Waals surface area contributed by atoms with Crippen LogP contribution in [-0.4, -0.2) is 23.0 Å². The van der Waals surface area contributed by atoms with E-state index in [1.165, 1.54) is 19.2 Å². The number of rotatable bonds is 5. The van der Waals surface area contributed by atoms with Crippen molar-refractivity contribution in [3.05, 3.63) is 56.6 Å². The molecular weight excluding hydrogens is 419 g/mol. The van der Waals surface area contributed by atoms with E-state index in [1.54, 1.807) is 12.1 Å². The largest absolute Gasteiger partial charge is 0.452 e. The van der Waals surface area contributed by atoms with Crippen LogP contribution in [0.25, 0.3) is 0 Å². The maximum Gasteiger partial charge on any atom is 0.311 e. The highest BCUT2D eigenvalue weighted by molar-refractivity contribution is 9.10. The van der Waals surface area contributed by atoms with Gasteiger partial charge in [0.2, 0.25) is 0 Å². The molecule has 1 atom stereocenters. The van der Waals surface area contributed by atoms with Crippen LogP contribution in [0, 0.1) is 0 Å². The van der Waals surface area contributed by atoms with Gasteiger partial charge in [-0.25, -0.2) is 4.98 Å². The molecule has 0 fully saturated rings. The lowest BCUT2D eigenvalue weighted by Gasteiger charge is -2.14. The van der Waals surface area contributed by atoms with E-state index in [9.17, 15) is 9.59 Å². The van der Waals surface area contributed by atoms with Crippen molar-refractivity contribution in [2.24, 2.45) is 0 Å². The third-order valence-corrected chi connectivity index (χ3v) is 4.01. The van der Waals surface area contributed by atoms with Crippen LogP contribution in [0.4, 0.5) is 5.82 Å². The number of aromatic nitrogens is 1. The smallest absolute Gasteiger partial charge is 0.311 e. The molecule has 1 unspecified atom stereocenters. The fraction of sp³-hybridized carbons (Fsp3) is 0.188. The maximum absolute atomic E-state index is 12.1. The van der Waals surface area contributed by atoms with Crippen molar-refractivity contribution in [1.82, 2.24) is 4.98 Å². The van der Waals surface area contributed by atoms with Crippen molar-refractivity contribution in [2.45, 2.75) is 19.4 Å². The molecule has 0 saturated carbocycles. The zero-order valence-corrected chi connectivity index (χ0v) is 15.7. The molecule has 126 valence electrons. The predicted octanol–water partition coefficient (Wildman–Crippen LogP) is 4.26. The van der Waals surface area contributed by atoms with Crippen LogP contribution >= 0.6 is 39.1 Å². The highest BCUT2D eigenvalue weighted by Crippen LogP contribution is 2.22. The fourth-order valence-corrected chi connectivity index (χ4v) is 2.48. The van der Waals surface area contributed by atoms with Crippen molar-refractivity contribution in [3.63, 3.8) is 0 Å². The number of carbonyl (C=O) groups excluding carboxylic acids is 2. The highest BCUT2D eigenvalue weighted by Gasteiger charge is 2.19. The summed E-state index contributed by atoms with van der Waals surface area (Å²) >= 11 is 15.0. The first-order chi connectivity index (χ1) is 11.3. The van der Waals surface area contributed by atoms with Crippen LogP contribution in [0.1, 0.15) is 12.5 Å². The molecule has 1 amide bonds. The van der Waals surface area contributed by atoms with Crippen molar-refractivity contribution >= 4 is 56.8 Å². The molecule has 1 N–H and O–H groups in total. The Kier molecular flexibility index (Phi) is 6.60. The molecule has 1 aromatic heterocycles. The molecule has 24 heavy (non-hydrogen) atoms. The first-order valence-electron chi connectivity index (χ1n) is 6.91. The standard InChI is InChI=1S/C16H13BrCl2N2O3/c1-9(16(23)21-15-13(19)7-12(18)8-20-15)24-14(22)6-10-2-4-11(17)5-3-10/h2-5,7-9H,6H2,1H3,(H,20,21,23). The first kappa shape index (κ1) is 18.7. The zero-order chi connectivity index (χ0) is 17.7. The van der Waals surface area contributed by atoms with Gasteiger partial charge in [0.15, 0.2) is 11.9 Å². The lowest BCUT2D eigenvalue weighted by Crippen LogP contribution is -2.30. The molecule has 2 rings (SSSR count). The van der Waals surface area contributed by atoms with E-state index in [2.05, 4.69) is 26.2 Å². The number of esters is 1. The number of hydrogen-bond acceptors (Lipinski definition) is 4. The van der Waals surface area contributed by atoms with Gasteiger partial charge in [-0.2, -0.15) is 0 Å². The number of benzene rings is 1. The molecule has 0 radical (unpaired) electrons. The van der Waals surface area contributed by atoms with Gasteiger partial charge in [0.05, 0.1) is 16.5 Å². The number of amides is 1. The van der Waals surface area contributed by atoms with E-state index in [1.807, 2.05) is 12.1 Å². The molecule has 0 saturated heterocycles. The number of carbonyl (C=O) groups is 2. The summed E-state index contributed by atoms with van der Waals surface area (Å²) < 4.78 is 6.04. The summed E-state index contributed by atoms with van der Waals surface area (Å²) in [6.07, 6.45) is 0.444. The van der Waals surface area contributed by atoms with E-state index in [4.69, 9.17) is 27.9 Å². The Bertz CT molecular complexity index is 753. The van der Waals surface area contributed by atoms with E-state index in [-0.39, 0.29) is 17.3 Å². The summed E-state index contributed by atoms with van der Waals surface area (Å²) in [5, 5.41) is 3.04. The zero-order valence-electron chi connectivity index (χ0n) is 12.6. The SMILES string of the molecule is CC(OC(=O)Cc1ccc(Br)cc1)C(=O)Nc1ncc(Cl)cc1Cl. The highest BCUT2D eigenvalue weighted by atomic mass is 79.9. The summed E-state index contributed by atoms with van der Waals surface area (Å²) in [5.41, 5.74) is 0.790. The minimum absolute atomic E-state index is 0.0743. The quantitative estimate of drug-likeness (QED) is 0.718. The Hall–Kier alpha value is -1.63. The third-order valence-electron chi connectivity index (χ3n) is 2.99. The van der Waals surface area contributed by atoms with Crippen molar-refractivity contribution < 1.29 is 14.3 Å². The normalized spacial score (nSPS) is 11.7. The van der Waals surface area contributed by atoms with Crippen LogP contribution in [0.5, 0.6) is 0 Å². The van der Waals surface area contributed by atoms with Gasteiger partial charge in [0, 0.05) is 10.7 Å². The minimum atomic E-state index is -0.985. The molecule has 8 heteroatoms. The Morgan fingerprint density at radius 2 is 1.96 bits per heavy atom. The Labute approximate surface area is 157 Å². The van der Waals surface area contributed by atoms with Crippen LogP contribution in [0.2, 0.25) is 10.0 Å². The number of nitrogens with zero attached hydrogens (tertiary/aromatic N) is 1. The summed E-state index contributed by atoms with van der Waals surface area (Å²) in [7, 11) is 0. The lowest BCUT2D eigenvalue weighted by molar-refractivity contribution is -0.152. The van der Waals surface area contributed by atoms with Gasteiger partial charge in [-0.15, -0.1) is 0 Å². The van der Waals surface area contributed by atoms with Crippen LogP contribution < -0.4 is 5.32 Å². The number of pyridine rings is 1. The molecular formula is C16H13BrCl2N2O3. The molecule has 0 bridgehead atoms. The number of hydrogen-bond donors (Lipinski definition) is 1. The molecule has 2 aromatic rings. The lowest BCUT2D eigenvalue weighted by atomic mass is 10.1. The van der Waals surface area contributed by atoms with E-state index in [0.29, 0.717) is 5.02 Å². The molecule has 0 spiro atoms. The molecule has 0 aliphatic carbocycles. The Balaban J connectivity index is 1.90.